The fourth-order valence-electron chi connectivity index (χ4n) is 4.18. The number of carbonyl (C=O) groups excluding carboxylic acids is 1. The lowest BCUT2D eigenvalue weighted by Gasteiger charge is -2.34. The lowest BCUT2D eigenvalue weighted by molar-refractivity contribution is -0.120. The fraction of sp³-hybridized carbons (Fsp3) is 0.375. The van der Waals surface area contributed by atoms with Gasteiger partial charge in [-0.3, -0.25) is 9.36 Å². The second-order valence-corrected chi connectivity index (χ2v) is 9.28. The summed E-state index contributed by atoms with van der Waals surface area (Å²) in [6.45, 7) is 4.41. The Morgan fingerprint density at radius 2 is 1.91 bits per heavy atom. The minimum absolute atomic E-state index is 0.0867. The van der Waals surface area contributed by atoms with Gasteiger partial charge >= 0.3 is 0 Å². The number of aromatic nitrogens is 3. The summed E-state index contributed by atoms with van der Waals surface area (Å²) in [6, 6.07) is 12.8. The highest BCUT2D eigenvalue weighted by Crippen LogP contribution is 2.31. The van der Waals surface area contributed by atoms with Crippen molar-refractivity contribution in [3.63, 3.8) is 0 Å². The molecule has 2 aromatic carbocycles. The standard InChI is InChI=1S/C24H26F2N4OS/c1-15-7-6-10-20(16(15)2)27-22(31)14-32-24-29-28-23(17-8-4-3-5-9-17)30(24)21-12-11-18(25)13-19(21)26/h3-5,8-9,11-13,15-16,20H,6-7,10,14H2,1-2H3,(H,27,31). The van der Waals surface area contributed by atoms with Gasteiger partial charge in [-0.25, -0.2) is 8.78 Å². The Kier molecular flexibility index (Phi) is 6.89. The molecular weight excluding hydrogens is 430 g/mol. The molecule has 0 saturated heterocycles. The number of nitrogens with one attached hydrogen (secondary N) is 1. The number of amides is 1. The van der Waals surface area contributed by atoms with Gasteiger partial charge in [-0.05, 0) is 30.4 Å². The van der Waals surface area contributed by atoms with Crippen LogP contribution in [0, 0.1) is 23.5 Å². The molecule has 168 valence electrons. The van der Waals surface area contributed by atoms with Gasteiger partial charge < -0.3 is 5.32 Å². The molecule has 1 aliphatic rings. The number of benzene rings is 2. The smallest absolute Gasteiger partial charge is 0.230 e. The summed E-state index contributed by atoms with van der Waals surface area (Å²) >= 11 is 1.19. The zero-order chi connectivity index (χ0) is 22.7. The Morgan fingerprint density at radius 3 is 2.66 bits per heavy atom. The first-order chi connectivity index (χ1) is 15.4. The largest absolute Gasteiger partial charge is 0.352 e. The number of thioether (sulfide) groups is 1. The van der Waals surface area contributed by atoms with E-state index in [9.17, 15) is 13.6 Å². The number of nitrogens with zero attached hydrogens (tertiary/aromatic N) is 3. The summed E-state index contributed by atoms with van der Waals surface area (Å²) in [6.07, 6.45) is 3.29. The van der Waals surface area contributed by atoms with Crippen molar-refractivity contribution < 1.29 is 13.6 Å². The average Bonchev–Trinajstić information content (AvgIpc) is 3.20. The second-order valence-electron chi connectivity index (χ2n) is 8.33. The number of carbonyl (C=O) groups is 1. The normalized spacial score (nSPS) is 20.8. The van der Waals surface area contributed by atoms with Crippen LogP contribution in [0.15, 0.2) is 53.7 Å². The third-order valence-corrected chi connectivity index (χ3v) is 7.13. The lowest BCUT2D eigenvalue weighted by Crippen LogP contribution is -2.44. The molecule has 0 radical (unpaired) electrons. The minimum Gasteiger partial charge on any atom is -0.352 e. The molecule has 3 unspecified atom stereocenters. The van der Waals surface area contributed by atoms with Crippen molar-refractivity contribution in [3.05, 3.63) is 60.2 Å². The van der Waals surface area contributed by atoms with E-state index in [0.717, 1.165) is 24.5 Å². The van der Waals surface area contributed by atoms with Gasteiger partial charge in [-0.1, -0.05) is 68.8 Å². The molecule has 0 bridgehead atoms. The van der Waals surface area contributed by atoms with E-state index >= 15 is 0 Å². The van der Waals surface area contributed by atoms with Crippen molar-refractivity contribution in [3.8, 4) is 17.1 Å². The summed E-state index contributed by atoms with van der Waals surface area (Å²) in [7, 11) is 0. The molecule has 1 heterocycles. The zero-order valence-electron chi connectivity index (χ0n) is 18.1. The van der Waals surface area contributed by atoms with Gasteiger partial charge in [0.15, 0.2) is 11.0 Å². The van der Waals surface area contributed by atoms with Crippen molar-refractivity contribution in [2.45, 2.75) is 44.3 Å². The maximum absolute atomic E-state index is 14.7. The van der Waals surface area contributed by atoms with Gasteiger partial charge in [-0.2, -0.15) is 0 Å². The van der Waals surface area contributed by atoms with E-state index in [2.05, 4.69) is 29.4 Å². The molecule has 3 aromatic rings. The van der Waals surface area contributed by atoms with Gasteiger partial charge in [0.2, 0.25) is 5.91 Å². The van der Waals surface area contributed by atoms with Crippen molar-refractivity contribution in [2.24, 2.45) is 11.8 Å². The zero-order valence-corrected chi connectivity index (χ0v) is 18.9. The number of hydrogen-bond acceptors (Lipinski definition) is 4. The summed E-state index contributed by atoms with van der Waals surface area (Å²) < 4.78 is 29.7. The molecule has 0 spiro atoms. The van der Waals surface area contributed by atoms with Gasteiger partial charge in [0.1, 0.15) is 11.6 Å². The Morgan fingerprint density at radius 1 is 1.12 bits per heavy atom. The third kappa shape index (κ3) is 4.85. The highest BCUT2D eigenvalue weighted by molar-refractivity contribution is 7.99. The summed E-state index contributed by atoms with van der Waals surface area (Å²) in [5.74, 6) is 0.0975. The van der Waals surface area contributed by atoms with E-state index in [1.165, 1.54) is 34.9 Å². The highest BCUT2D eigenvalue weighted by atomic mass is 32.2. The van der Waals surface area contributed by atoms with Crippen LogP contribution in [0.1, 0.15) is 33.1 Å². The van der Waals surface area contributed by atoms with Gasteiger partial charge in [0.05, 0.1) is 11.4 Å². The Balaban J connectivity index is 1.57. The molecule has 1 amide bonds. The van der Waals surface area contributed by atoms with Crippen molar-refractivity contribution >= 4 is 17.7 Å². The maximum Gasteiger partial charge on any atom is 0.230 e. The SMILES string of the molecule is CC1CCCC(NC(=O)CSc2nnc(-c3ccccc3)n2-c2ccc(F)cc2F)C1C. The molecule has 0 aliphatic heterocycles. The van der Waals surface area contributed by atoms with E-state index in [-0.39, 0.29) is 23.4 Å². The quantitative estimate of drug-likeness (QED) is 0.515. The monoisotopic (exact) mass is 456 g/mol. The highest BCUT2D eigenvalue weighted by Gasteiger charge is 2.28. The van der Waals surface area contributed by atoms with Gasteiger partial charge in [-0.15, -0.1) is 10.2 Å². The van der Waals surface area contributed by atoms with Crippen LogP contribution >= 0.6 is 11.8 Å². The topological polar surface area (TPSA) is 59.8 Å². The molecule has 1 saturated carbocycles. The molecule has 32 heavy (non-hydrogen) atoms. The second kappa shape index (κ2) is 9.81. The number of halogens is 2. The molecule has 1 aliphatic carbocycles. The van der Waals surface area contributed by atoms with Gasteiger partial charge in [0, 0.05) is 17.7 Å². The molecule has 3 atom stereocenters. The van der Waals surface area contributed by atoms with E-state index in [1.807, 2.05) is 30.3 Å². The first kappa shape index (κ1) is 22.5. The number of rotatable bonds is 6. The Hall–Kier alpha value is -2.74. The fourth-order valence-corrected chi connectivity index (χ4v) is 4.94. The maximum atomic E-state index is 14.7. The van der Waals surface area contributed by atoms with Crippen LogP contribution in [0.3, 0.4) is 0 Å². The molecule has 1 fully saturated rings. The first-order valence-electron chi connectivity index (χ1n) is 10.8. The summed E-state index contributed by atoms with van der Waals surface area (Å²) in [5.41, 5.74) is 0.873. The first-order valence-corrected chi connectivity index (χ1v) is 11.8. The molecular formula is C24H26F2N4OS. The average molecular weight is 457 g/mol. The van der Waals surface area contributed by atoms with Crippen LogP contribution in [0.2, 0.25) is 0 Å². The third-order valence-electron chi connectivity index (χ3n) is 6.20. The molecule has 5 nitrogen and oxygen atoms in total. The van der Waals surface area contributed by atoms with Gasteiger partial charge in [0.25, 0.3) is 0 Å². The molecule has 8 heteroatoms. The summed E-state index contributed by atoms with van der Waals surface area (Å²) in [4.78, 5) is 12.7. The van der Waals surface area contributed by atoms with Crippen LogP contribution in [0.4, 0.5) is 8.78 Å². The van der Waals surface area contributed by atoms with Crippen molar-refractivity contribution in [2.75, 3.05) is 5.75 Å². The van der Waals surface area contributed by atoms with Crippen LogP contribution in [0.5, 0.6) is 0 Å². The number of hydrogen-bond donors (Lipinski definition) is 1. The molecule has 1 aromatic heterocycles. The van der Waals surface area contributed by atoms with E-state index in [4.69, 9.17) is 0 Å². The van der Waals surface area contributed by atoms with Crippen molar-refractivity contribution in [1.82, 2.24) is 20.1 Å². The predicted octanol–water partition coefficient (Wildman–Crippen LogP) is 5.25. The van der Waals surface area contributed by atoms with Crippen LogP contribution in [0.25, 0.3) is 17.1 Å². The Bertz CT molecular complexity index is 1090. The summed E-state index contributed by atoms with van der Waals surface area (Å²) in [5, 5.41) is 12.0. The molecule has 4 rings (SSSR count). The predicted molar refractivity (Wildman–Crippen MR) is 122 cm³/mol. The Labute approximate surface area is 190 Å². The molecule has 1 N–H and O–H groups in total. The van der Waals surface area contributed by atoms with Crippen LogP contribution in [-0.4, -0.2) is 32.5 Å². The van der Waals surface area contributed by atoms with E-state index in [0.29, 0.717) is 22.8 Å². The van der Waals surface area contributed by atoms with E-state index in [1.54, 1.807) is 0 Å². The minimum atomic E-state index is -0.724. The lowest BCUT2D eigenvalue weighted by atomic mass is 9.78. The van der Waals surface area contributed by atoms with E-state index < -0.39 is 11.6 Å². The van der Waals surface area contributed by atoms with Crippen LogP contribution in [-0.2, 0) is 4.79 Å². The van der Waals surface area contributed by atoms with Crippen molar-refractivity contribution in [1.29, 1.82) is 0 Å². The van der Waals surface area contributed by atoms with Crippen LogP contribution < -0.4 is 5.32 Å².